The molecule has 0 aliphatic heterocycles. The van der Waals surface area contributed by atoms with Gasteiger partial charge in [-0.05, 0) is 12.1 Å². The van der Waals surface area contributed by atoms with Crippen LogP contribution in [0.15, 0.2) is 41.3 Å². The van der Waals surface area contributed by atoms with E-state index in [9.17, 15) is 9.59 Å². The van der Waals surface area contributed by atoms with Gasteiger partial charge < -0.3 is 19.8 Å². The normalized spacial score (nSPS) is 10.5. The van der Waals surface area contributed by atoms with Crippen LogP contribution < -0.4 is 15.5 Å². The minimum atomic E-state index is -0.447. The van der Waals surface area contributed by atoms with Crippen molar-refractivity contribution in [3.8, 4) is 17.1 Å². The summed E-state index contributed by atoms with van der Waals surface area (Å²) in [6.07, 6.45) is 1.35. The molecular formula is C17H17N5O4. The lowest BCUT2D eigenvalue weighted by Gasteiger charge is -2.07. The van der Waals surface area contributed by atoms with Crippen LogP contribution >= 0.6 is 0 Å². The third kappa shape index (κ3) is 3.78. The van der Waals surface area contributed by atoms with Crippen molar-refractivity contribution in [1.29, 1.82) is 0 Å². The number of aromatic nitrogens is 4. The number of H-pyrrole nitrogens is 2. The van der Waals surface area contributed by atoms with Gasteiger partial charge in [0.25, 0.3) is 5.91 Å². The van der Waals surface area contributed by atoms with Crippen molar-refractivity contribution in [2.24, 2.45) is 0 Å². The molecule has 0 saturated carbocycles. The van der Waals surface area contributed by atoms with Crippen LogP contribution in [0.25, 0.3) is 11.4 Å². The van der Waals surface area contributed by atoms with E-state index in [1.807, 2.05) is 6.07 Å². The second-order valence-electron chi connectivity index (χ2n) is 5.35. The van der Waals surface area contributed by atoms with Crippen LogP contribution in [0.5, 0.6) is 5.75 Å². The van der Waals surface area contributed by atoms with Crippen LogP contribution in [0.4, 0.5) is 5.69 Å². The van der Waals surface area contributed by atoms with Crippen LogP contribution in [0.3, 0.4) is 0 Å². The van der Waals surface area contributed by atoms with Gasteiger partial charge in [-0.2, -0.15) is 5.10 Å². The Hall–Kier alpha value is -3.46. The van der Waals surface area contributed by atoms with E-state index in [4.69, 9.17) is 9.47 Å². The van der Waals surface area contributed by atoms with Crippen molar-refractivity contribution in [1.82, 2.24) is 20.2 Å². The SMILES string of the molecule is COCc1nc(-c2cccc(NC(=O)c3cc(=O)c(OC)c[nH]3)c2)n[nH]1. The van der Waals surface area contributed by atoms with Gasteiger partial charge in [-0.3, -0.25) is 14.7 Å². The number of amides is 1. The molecule has 0 aliphatic carbocycles. The first-order valence-corrected chi connectivity index (χ1v) is 7.69. The first-order chi connectivity index (χ1) is 12.6. The molecular weight excluding hydrogens is 338 g/mol. The second kappa shape index (κ2) is 7.62. The number of aromatic amines is 2. The molecule has 0 saturated heterocycles. The predicted octanol–water partition coefficient (Wildman–Crippen LogP) is 1.57. The lowest BCUT2D eigenvalue weighted by Crippen LogP contribution is -2.17. The number of rotatable bonds is 6. The summed E-state index contributed by atoms with van der Waals surface area (Å²) in [4.78, 5) is 31.1. The van der Waals surface area contributed by atoms with Crippen molar-refractivity contribution in [3.05, 3.63) is 58.3 Å². The first-order valence-electron chi connectivity index (χ1n) is 7.69. The highest BCUT2D eigenvalue weighted by molar-refractivity contribution is 6.03. The smallest absolute Gasteiger partial charge is 0.272 e. The molecule has 0 fully saturated rings. The van der Waals surface area contributed by atoms with E-state index in [2.05, 4.69) is 25.5 Å². The number of benzene rings is 1. The van der Waals surface area contributed by atoms with E-state index in [0.717, 1.165) is 5.56 Å². The molecule has 3 rings (SSSR count). The number of methoxy groups -OCH3 is 2. The van der Waals surface area contributed by atoms with Crippen molar-refractivity contribution in [3.63, 3.8) is 0 Å². The van der Waals surface area contributed by atoms with Crippen molar-refractivity contribution in [2.45, 2.75) is 6.61 Å². The van der Waals surface area contributed by atoms with E-state index in [1.165, 1.54) is 19.4 Å². The lowest BCUT2D eigenvalue weighted by molar-refractivity contribution is 0.102. The average Bonchev–Trinajstić information content (AvgIpc) is 3.11. The zero-order valence-electron chi connectivity index (χ0n) is 14.2. The number of anilines is 1. The standard InChI is InChI=1S/C17H17N5O4/c1-25-9-15-20-16(22-21-15)10-4-3-5-11(6-10)19-17(24)12-7-13(23)14(26-2)8-18-12/h3-8H,9H2,1-2H3,(H,18,23)(H,19,24)(H,20,21,22). The molecule has 3 aromatic rings. The minimum Gasteiger partial charge on any atom is -0.491 e. The molecule has 0 aliphatic rings. The topological polar surface area (TPSA) is 122 Å². The molecule has 2 heterocycles. The van der Waals surface area contributed by atoms with E-state index in [0.29, 0.717) is 23.9 Å². The fourth-order valence-electron chi connectivity index (χ4n) is 2.31. The highest BCUT2D eigenvalue weighted by Gasteiger charge is 2.11. The molecule has 134 valence electrons. The fourth-order valence-corrected chi connectivity index (χ4v) is 2.31. The molecule has 9 nitrogen and oxygen atoms in total. The summed E-state index contributed by atoms with van der Waals surface area (Å²) in [6, 6.07) is 8.24. The Labute approximate surface area is 148 Å². The maximum absolute atomic E-state index is 12.3. The molecule has 1 aromatic carbocycles. The van der Waals surface area contributed by atoms with Gasteiger partial charge in [0.2, 0.25) is 5.43 Å². The highest BCUT2D eigenvalue weighted by Crippen LogP contribution is 2.20. The second-order valence-corrected chi connectivity index (χ2v) is 5.35. The highest BCUT2D eigenvalue weighted by atomic mass is 16.5. The number of pyridine rings is 1. The Morgan fingerprint density at radius 1 is 1.27 bits per heavy atom. The van der Waals surface area contributed by atoms with Gasteiger partial charge >= 0.3 is 0 Å². The zero-order valence-corrected chi connectivity index (χ0v) is 14.2. The summed E-state index contributed by atoms with van der Waals surface area (Å²) in [5, 5.41) is 9.63. The van der Waals surface area contributed by atoms with Gasteiger partial charge in [-0.15, -0.1) is 0 Å². The summed E-state index contributed by atoms with van der Waals surface area (Å²) in [5.41, 5.74) is 1.02. The summed E-state index contributed by atoms with van der Waals surface area (Å²) in [7, 11) is 2.96. The molecule has 0 atom stereocenters. The number of ether oxygens (including phenoxy) is 2. The molecule has 0 unspecified atom stereocenters. The van der Waals surface area contributed by atoms with E-state index < -0.39 is 5.91 Å². The lowest BCUT2D eigenvalue weighted by atomic mass is 10.2. The number of nitrogens with zero attached hydrogens (tertiary/aromatic N) is 2. The summed E-state index contributed by atoms with van der Waals surface area (Å²) in [6.45, 7) is 0.328. The van der Waals surface area contributed by atoms with Crippen molar-refractivity contribution >= 4 is 11.6 Å². The minimum absolute atomic E-state index is 0.126. The molecule has 26 heavy (non-hydrogen) atoms. The van der Waals surface area contributed by atoms with E-state index in [1.54, 1.807) is 25.3 Å². The summed E-state index contributed by atoms with van der Waals surface area (Å²) < 4.78 is 9.88. The predicted molar refractivity (Wildman–Crippen MR) is 94.1 cm³/mol. The number of hydrogen-bond donors (Lipinski definition) is 3. The number of carbonyl (C=O) groups excluding carboxylic acids is 1. The molecule has 0 bridgehead atoms. The van der Waals surface area contributed by atoms with E-state index in [-0.39, 0.29) is 16.9 Å². The molecule has 3 N–H and O–H groups in total. The Morgan fingerprint density at radius 3 is 2.85 bits per heavy atom. The zero-order chi connectivity index (χ0) is 18.5. The van der Waals surface area contributed by atoms with Crippen LogP contribution in [0.2, 0.25) is 0 Å². The molecule has 0 radical (unpaired) electrons. The Balaban J connectivity index is 1.78. The van der Waals surface area contributed by atoms with Crippen molar-refractivity contribution < 1.29 is 14.3 Å². The quantitative estimate of drug-likeness (QED) is 0.617. The monoisotopic (exact) mass is 355 g/mol. The molecule has 2 aromatic heterocycles. The van der Waals surface area contributed by atoms with Gasteiger partial charge in [-0.1, -0.05) is 12.1 Å². The van der Waals surface area contributed by atoms with Crippen LogP contribution in [-0.4, -0.2) is 40.3 Å². The Kier molecular flexibility index (Phi) is 5.09. The van der Waals surface area contributed by atoms with Gasteiger partial charge in [0, 0.05) is 30.6 Å². The third-order valence-corrected chi connectivity index (χ3v) is 3.53. The van der Waals surface area contributed by atoms with Gasteiger partial charge in [-0.25, -0.2) is 4.98 Å². The number of hydrogen-bond acceptors (Lipinski definition) is 6. The largest absolute Gasteiger partial charge is 0.491 e. The van der Waals surface area contributed by atoms with Crippen molar-refractivity contribution in [2.75, 3.05) is 19.5 Å². The molecule has 1 amide bonds. The Bertz CT molecular complexity index is 979. The number of carbonyl (C=O) groups is 1. The summed E-state index contributed by atoms with van der Waals surface area (Å²) in [5.74, 6) is 0.788. The van der Waals surface area contributed by atoms with Gasteiger partial charge in [0.05, 0.1) is 7.11 Å². The summed E-state index contributed by atoms with van der Waals surface area (Å²) >= 11 is 0. The van der Waals surface area contributed by atoms with Crippen LogP contribution in [-0.2, 0) is 11.3 Å². The Morgan fingerprint density at radius 2 is 2.12 bits per heavy atom. The van der Waals surface area contributed by atoms with Gasteiger partial charge in [0.15, 0.2) is 17.4 Å². The molecule has 9 heteroatoms. The fraction of sp³-hybridized carbons (Fsp3) is 0.176. The van der Waals surface area contributed by atoms with Crippen LogP contribution in [0, 0.1) is 0 Å². The maximum atomic E-state index is 12.3. The maximum Gasteiger partial charge on any atom is 0.272 e. The van der Waals surface area contributed by atoms with E-state index >= 15 is 0 Å². The molecule has 0 spiro atoms. The number of nitrogens with one attached hydrogen (secondary N) is 3. The third-order valence-electron chi connectivity index (χ3n) is 3.53. The average molecular weight is 355 g/mol. The first kappa shape index (κ1) is 17.4. The van der Waals surface area contributed by atoms with Crippen LogP contribution in [0.1, 0.15) is 16.3 Å². The van der Waals surface area contributed by atoms with Gasteiger partial charge in [0.1, 0.15) is 12.3 Å².